The van der Waals surface area contributed by atoms with Crippen molar-refractivity contribution < 1.29 is 9.59 Å². The first-order valence-corrected chi connectivity index (χ1v) is 7.09. The molecule has 2 unspecified atom stereocenters. The van der Waals surface area contributed by atoms with Gasteiger partial charge in [0.15, 0.2) is 0 Å². The van der Waals surface area contributed by atoms with Crippen LogP contribution in [0.3, 0.4) is 0 Å². The summed E-state index contributed by atoms with van der Waals surface area (Å²) in [6.45, 7) is 2.81. The molecule has 1 aliphatic carbocycles. The molecule has 0 bridgehead atoms. The predicted octanol–water partition coefficient (Wildman–Crippen LogP) is 1.07. The first kappa shape index (κ1) is 13.2. The van der Waals surface area contributed by atoms with Gasteiger partial charge < -0.3 is 5.73 Å². The van der Waals surface area contributed by atoms with Gasteiger partial charge in [-0.2, -0.15) is 0 Å². The molecule has 1 aromatic rings. The molecule has 106 valence electrons. The topological polar surface area (TPSA) is 76.3 Å². The number of carbonyl (C=O) groups excluding carboxylic acids is 2. The number of amides is 2. The largest absolute Gasteiger partial charge is 0.325 e. The van der Waals surface area contributed by atoms with E-state index in [9.17, 15) is 9.59 Å². The number of nitrogens with zero attached hydrogens (tertiary/aromatic N) is 2. The van der Waals surface area contributed by atoms with Gasteiger partial charge in [0.2, 0.25) is 11.8 Å². The molecule has 20 heavy (non-hydrogen) atoms. The maximum atomic E-state index is 12.4. The lowest BCUT2D eigenvalue weighted by Gasteiger charge is -2.17. The summed E-state index contributed by atoms with van der Waals surface area (Å²) >= 11 is 0. The minimum absolute atomic E-state index is 0.00420. The van der Waals surface area contributed by atoms with Crippen LogP contribution in [0.4, 0.5) is 0 Å². The summed E-state index contributed by atoms with van der Waals surface area (Å²) in [5.41, 5.74) is 7.25. The van der Waals surface area contributed by atoms with E-state index in [0.29, 0.717) is 19.0 Å². The highest BCUT2D eigenvalue weighted by Crippen LogP contribution is 2.43. The van der Waals surface area contributed by atoms with Crippen molar-refractivity contribution in [1.29, 1.82) is 0 Å². The average Bonchev–Trinajstić information content (AvgIpc) is 2.93. The van der Waals surface area contributed by atoms with Crippen LogP contribution in [0, 0.1) is 17.8 Å². The Hall–Kier alpha value is -1.75. The molecule has 2 N–H and O–H groups in total. The zero-order chi connectivity index (χ0) is 14.3. The van der Waals surface area contributed by atoms with Crippen molar-refractivity contribution in [2.45, 2.75) is 32.9 Å². The van der Waals surface area contributed by atoms with Crippen LogP contribution in [-0.2, 0) is 22.7 Å². The Kier molecular flexibility index (Phi) is 3.30. The molecule has 2 atom stereocenters. The van der Waals surface area contributed by atoms with Gasteiger partial charge in [-0.3, -0.25) is 19.5 Å². The number of fused-ring (bicyclic) bond motifs is 1. The molecule has 2 amide bonds. The van der Waals surface area contributed by atoms with Gasteiger partial charge in [-0.25, -0.2) is 0 Å². The van der Waals surface area contributed by atoms with Crippen LogP contribution < -0.4 is 5.73 Å². The van der Waals surface area contributed by atoms with E-state index in [4.69, 9.17) is 5.73 Å². The molecule has 1 aromatic heterocycles. The summed E-state index contributed by atoms with van der Waals surface area (Å²) in [7, 11) is 0. The molecule has 2 heterocycles. The van der Waals surface area contributed by atoms with Gasteiger partial charge in [0, 0.05) is 12.7 Å². The molecule has 2 fully saturated rings. The van der Waals surface area contributed by atoms with Crippen LogP contribution in [0.15, 0.2) is 18.3 Å². The third-order valence-corrected chi connectivity index (χ3v) is 4.40. The number of hydrogen-bond acceptors (Lipinski definition) is 4. The van der Waals surface area contributed by atoms with Crippen molar-refractivity contribution in [2.24, 2.45) is 23.5 Å². The number of likely N-dealkylation sites (tertiary alicyclic amines) is 1. The van der Waals surface area contributed by atoms with Crippen LogP contribution in [0.2, 0.25) is 0 Å². The van der Waals surface area contributed by atoms with E-state index in [-0.39, 0.29) is 23.7 Å². The van der Waals surface area contributed by atoms with Gasteiger partial charge in [0.05, 0.1) is 24.1 Å². The smallest absolute Gasteiger partial charge is 0.233 e. The molecule has 2 aliphatic rings. The molecular weight excluding hydrogens is 254 g/mol. The number of pyridine rings is 1. The number of rotatable bonds is 3. The first-order chi connectivity index (χ1) is 9.60. The zero-order valence-electron chi connectivity index (χ0n) is 11.6. The van der Waals surface area contributed by atoms with Crippen LogP contribution in [0.1, 0.15) is 31.0 Å². The Morgan fingerprint density at radius 2 is 1.95 bits per heavy atom. The molecule has 1 saturated carbocycles. The Balaban J connectivity index is 1.78. The first-order valence-electron chi connectivity index (χ1n) is 7.09. The van der Waals surface area contributed by atoms with E-state index in [1.54, 1.807) is 6.20 Å². The predicted molar refractivity (Wildman–Crippen MR) is 73.1 cm³/mol. The number of imide groups is 1. The molecule has 3 rings (SSSR count). The Labute approximate surface area is 118 Å². The highest BCUT2D eigenvalue weighted by atomic mass is 16.2. The van der Waals surface area contributed by atoms with E-state index in [1.165, 1.54) is 4.90 Å². The summed E-state index contributed by atoms with van der Waals surface area (Å²) in [6.07, 6.45) is 3.36. The normalized spacial score (nSPS) is 29.1. The average molecular weight is 273 g/mol. The lowest BCUT2D eigenvalue weighted by atomic mass is 10.00. The molecule has 1 saturated heterocycles. The molecule has 5 heteroatoms. The monoisotopic (exact) mass is 273 g/mol. The molecule has 5 nitrogen and oxygen atoms in total. The molecule has 0 spiro atoms. The van der Waals surface area contributed by atoms with Crippen LogP contribution in [0.5, 0.6) is 0 Å². The Bertz CT molecular complexity index is 534. The minimum atomic E-state index is -0.0895. The van der Waals surface area contributed by atoms with Crippen LogP contribution in [0.25, 0.3) is 0 Å². The zero-order valence-corrected chi connectivity index (χ0v) is 11.6. The molecule has 0 aromatic carbocycles. The molecule has 1 aliphatic heterocycles. The fraction of sp³-hybridized carbons (Fsp3) is 0.533. The standard InChI is InChI=1S/C15H19N3O2/c1-9-4-12-13(5-9)15(20)18(14(12)19)8-10-2-3-17-11(6-10)7-16/h2-3,6,9,12-13H,4-5,7-8,16H2,1H3. The van der Waals surface area contributed by atoms with Crippen molar-refractivity contribution in [3.8, 4) is 0 Å². The summed E-state index contributed by atoms with van der Waals surface area (Å²) < 4.78 is 0. The SMILES string of the molecule is CC1CC2C(=O)N(Cc3ccnc(CN)c3)C(=O)C2C1. The second-order valence-corrected chi connectivity index (χ2v) is 5.91. The fourth-order valence-corrected chi connectivity index (χ4v) is 3.42. The number of nitrogens with two attached hydrogens (primary N) is 1. The van der Waals surface area contributed by atoms with Gasteiger partial charge in [0.25, 0.3) is 0 Å². The van der Waals surface area contributed by atoms with Gasteiger partial charge in [0.1, 0.15) is 0 Å². The van der Waals surface area contributed by atoms with Crippen molar-refractivity contribution in [2.75, 3.05) is 0 Å². The highest BCUT2D eigenvalue weighted by molar-refractivity contribution is 6.05. The van der Waals surface area contributed by atoms with Gasteiger partial charge in [-0.15, -0.1) is 0 Å². The number of aromatic nitrogens is 1. The summed E-state index contributed by atoms with van der Waals surface area (Å²) in [5.74, 6) is 0.289. The van der Waals surface area contributed by atoms with E-state index in [2.05, 4.69) is 11.9 Å². The van der Waals surface area contributed by atoms with Crippen molar-refractivity contribution in [1.82, 2.24) is 9.88 Å². The Morgan fingerprint density at radius 1 is 1.30 bits per heavy atom. The second-order valence-electron chi connectivity index (χ2n) is 5.91. The lowest BCUT2D eigenvalue weighted by Crippen LogP contribution is -2.31. The summed E-state index contributed by atoms with van der Waals surface area (Å²) in [5, 5.41) is 0. The highest BCUT2D eigenvalue weighted by Gasteiger charge is 2.51. The fourth-order valence-electron chi connectivity index (χ4n) is 3.42. The summed E-state index contributed by atoms with van der Waals surface area (Å²) in [6, 6.07) is 3.69. The van der Waals surface area contributed by atoms with E-state index < -0.39 is 0 Å². The quantitative estimate of drug-likeness (QED) is 0.836. The van der Waals surface area contributed by atoms with Gasteiger partial charge in [-0.1, -0.05) is 6.92 Å². The lowest BCUT2D eigenvalue weighted by molar-refractivity contribution is -0.141. The molecular formula is C15H19N3O2. The van der Waals surface area contributed by atoms with Crippen molar-refractivity contribution >= 4 is 11.8 Å². The second kappa shape index (κ2) is 4.98. The van der Waals surface area contributed by atoms with E-state index >= 15 is 0 Å². The van der Waals surface area contributed by atoms with Crippen molar-refractivity contribution in [3.63, 3.8) is 0 Å². The van der Waals surface area contributed by atoms with E-state index in [1.807, 2.05) is 12.1 Å². The maximum absolute atomic E-state index is 12.4. The van der Waals surface area contributed by atoms with Crippen LogP contribution in [-0.4, -0.2) is 21.7 Å². The molecule has 0 radical (unpaired) electrons. The third kappa shape index (κ3) is 2.12. The van der Waals surface area contributed by atoms with Crippen LogP contribution >= 0.6 is 0 Å². The minimum Gasteiger partial charge on any atom is -0.325 e. The number of carbonyl (C=O) groups is 2. The maximum Gasteiger partial charge on any atom is 0.233 e. The summed E-state index contributed by atoms with van der Waals surface area (Å²) in [4.78, 5) is 30.3. The van der Waals surface area contributed by atoms with E-state index in [0.717, 1.165) is 24.1 Å². The third-order valence-electron chi connectivity index (χ3n) is 4.40. The van der Waals surface area contributed by atoms with Gasteiger partial charge in [-0.05, 0) is 36.5 Å². The van der Waals surface area contributed by atoms with Crippen molar-refractivity contribution in [3.05, 3.63) is 29.6 Å². The van der Waals surface area contributed by atoms with Gasteiger partial charge >= 0.3 is 0 Å². The Morgan fingerprint density at radius 3 is 2.55 bits per heavy atom. The number of hydrogen-bond donors (Lipinski definition) is 1.